The predicted molar refractivity (Wildman–Crippen MR) is 159 cm³/mol. The second-order valence-corrected chi connectivity index (χ2v) is 10.4. The molecule has 39 heavy (non-hydrogen) atoms. The first-order chi connectivity index (χ1) is 19.1. The van der Waals surface area contributed by atoms with E-state index >= 15 is 0 Å². The maximum absolute atomic E-state index is 14.0. The molecule has 0 aliphatic carbocycles. The molecule has 1 aliphatic rings. The molecule has 0 saturated carbocycles. The van der Waals surface area contributed by atoms with Crippen LogP contribution >= 0.6 is 0 Å². The van der Waals surface area contributed by atoms with Crippen molar-refractivity contribution in [1.29, 1.82) is 0 Å². The van der Waals surface area contributed by atoms with Crippen LogP contribution in [0.3, 0.4) is 0 Å². The number of carbonyl (C=O) groups is 1. The highest BCUT2D eigenvalue weighted by molar-refractivity contribution is 6.07. The third-order valence-electron chi connectivity index (χ3n) is 7.80. The lowest BCUT2D eigenvalue weighted by Crippen LogP contribution is -2.49. The number of nitrogens with zero attached hydrogens (tertiary/aromatic N) is 3. The molecule has 0 bridgehead atoms. The Labute approximate surface area is 230 Å². The summed E-state index contributed by atoms with van der Waals surface area (Å²) in [5, 5.41) is 0.907. The van der Waals surface area contributed by atoms with Crippen molar-refractivity contribution < 1.29 is 4.79 Å². The number of carbonyl (C=O) groups excluding carboxylic acids is 1. The van der Waals surface area contributed by atoms with E-state index in [1.807, 2.05) is 35.2 Å². The Hall–Kier alpha value is -4.28. The van der Waals surface area contributed by atoms with E-state index in [2.05, 4.69) is 97.6 Å². The molecule has 5 aromatic rings. The first-order valence-corrected chi connectivity index (χ1v) is 13.7. The van der Waals surface area contributed by atoms with Crippen LogP contribution in [-0.4, -0.2) is 46.9 Å². The van der Waals surface area contributed by atoms with Crippen LogP contribution in [0, 0.1) is 13.8 Å². The Balaban J connectivity index is 1.29. The number of benzene rings is 4. The number of fused-ring (bicyclic) bond motifs is 1. The second kappa shape index (κ2) is 10.8. The van der Waals surface area contributed by atoms with Gasteiger partial charge in [-0.05, 0) is 42.7 Å². The van der Waals surface area contributed by atoms with Crippen LogP contribution in [0.2, 0.25) is 0 Å². The van der Waals surface area contributed by atoms with Gasteiger partial charge in [0.15, 0.2) is 0 Å². The Morgan fingerprint density at radius 3 is 1.97 bits per heavy atom. The van der Waals surface area contributed by atoms with Gasteiger partial charge < -0.3 is 4.90 Å². The molecule has 1 aromatic heterocycles. The minimum absolute atomic E-state index is 0.0789. The second-order valence-electron chi connectivity index (χ2n) is 10.4. The van der Waals surface area contributed by atoms with Crippen molar-refractivity contribution in [3.05, 3.63) is 137 Å². The first-order valence-electron chi connectivity index (χ1n) is 13.7. The summed E-state index contributed by atoms with van der Waals surface area (Å²) < 4.78 is 0. The molecule has 4 heteroatoms. The van der Waals surface area contributed by atoms with E-state index in [0.717, 1.165) is 46.4 Å². The van der Waals surface area contributed by atoms with Gasteiger partial charge in [-0.1, -0.05) is 103 Å². The lowest BCUT2D eigenvalue weighted by molar-refractivity contribution is 0.0599. The Morgan fingerprint density at radius 1 is 0.718 bits per heavy atom. The molecule has 4 aromatic carbocycles. The molecule has 1 saturated heterocycles. The summed E-state index contributed by atoms with van der Waals surface area (Å²) in [5.74, 6) is 0.0789. The number of rotatable bonds is 5. The highest BCUT2D eigenvalue weighted by atomic mass is 16.2. The van der Waals surface area contributed by atoms with Crippen LogP contribution in [0.15, 0.2) is 109 Å². The molecule has 2 heterocycles. The van der Waals surface area contributed by atoms with Crippen molar-refractivity contribution in [2.45, 2.75) is 19.9 Å². The van der Waals surface area contributed by atoms with E-state index in [9.17, 15) is 4.79 Å². The highest BCUT2D eigenvalue weighted by Gasteiger charge is 2.29. The summed E-state index contributed by atoms with van der Waals surface area (Å²) in [4.78, 5) is 23.5. The third kappa shape index (κ3) is 5.08. The monoisotopic (exact) mass is 511 g/mol. The summed E-state index contributed by atoms with van der Waals surface area (Å²) in [7, 11) is 0. The van der Waals surface area contributed by atoms with Crippen LogP contribution in [0.1, 0.15) is 38.7 Å². The molecule has 4 nitrogen and oxygen atoms in total. The fourth-order valence-corrected chi connectivity index (χ4v) is 5.83. The van der Waals surface area contributed by atoms with E-state index in [4.69, 9.17) is 4.98 Å². The van der Waals surface area contributed by atoms with E-state index in [1.54, 1.807) is 0 Å². The summed E-state index contributed by atoms with van der Waals surface area (Å²) in [6.45, 7) is 7.20. The van der Waals surface area contributed by atoms with E-state index in [1.165, 1.54) is 16.7 Å². The molecule has 194 valence electrons. The van der Waals surface area contributed by atoms with Gasteiger partial charge in [0.25, 0.3) is 5.91 Å². The number of para-hydroxylation sites is 1. The zero-order chi connectivity index (χ0) is 26.8. The molecule has 1 fully saturated rings. The molecular weight excluding hydrogens is 478 g/mol. The number of aromatic nitrogens is 1. The molecule has 1 aliphatic heterocycles. The van der Waals surface area contributed by atoms with Gasteiger partial charge in [-0.3, -0.25) is 9.69 Å². The van der Waals surface area contributed by atoms with Crippen molar-refractivity contribution in [3.63, 3.8) is 0 Å². The number of pyridine rings is 1. The van der Waals surface area contributed by atoms with E-state index < -0.39 is 0 Å². The molecule has 0 unspecified atom stereocenters. The molecule has 0 N–H and O–H groups in total. The minimum atomic E-state index is 0.0789. The van der Waals surface area contributed by atoms with Crippen LogP contribution in [0.25, 0.3) is 22.2 Å². The Bertz CT molecular complexity index is 1570. The summed E-state index contributed by atoms with van der Waals surface area (Å²) in [6, 6.07) is 37.9. The number of piperazine rings is 1. The topological polar surface area (TPSA) is 36.4 Å². The van der Waals surface area contributed by atoms with Gasteiger partial charge in [0, 0.05) is 37.1 Å². The molecule has 0 atom stereocenters. The standard InChI is InChI=1S/C35H33N3O/c1-25-17-18-29(26(2)23-25)33-24-31(30-15-9-10-16-32(30)36-33)35(39)38-21-19-37(20-22-38)34(27-11-5-3-6-12-27)28-13-7-4-8-14-28/h3-18,23-24,34H,19-22H2,1-2H3. The summed E-state index contributed by atoms with van der Waals surface area (Å²) >= 11 is 0. The fourth-order valence-electron chi connectivity index (χ4n) is 5.83. The van der Waals surface area contributed by atoms with Crippen molar-refractivity contribution in [2.75, 3.05) is 26.2 Å². The molecule has 0 radical (unpaired) electrons. The van der Waals surface area contributed by atoms with Gasteiger partial charge in [0.2, 0.25) is 0 Å². The molecular formula is C35H33N3O. The van der Waals surface area contributed by atoms with Gasteiger partial charge in [0.1, 0.15) is 0 Å². The molecule has 1 amide bonds. The lowest BCUT2D eigenvalue weighted by Gasteiger charge is -2.40. The first kappa shape index (κ1) is 25.0. The van der Waals surface area contributed by atoms with Crippen LogP contribution < -0.4 is 0 Å². The Kier molecular flexibility index (Phi) is 6.95. The van der Waals surface area contributed by atoms with Crippen molar-refractivity contribution >= 4 is 16.8 Å². The third-order valence-corrected chi connectivity index (χ3v) is 7.80. The normalized spacial score (nSPS) is 14.2. The van der Waals surface area contributed by atoms with Gasteiger partial charge in [-0.25, -0.2) is 4.98 Å². The highest BCUT2D eigenvalue weighted by Crippen LogP contribution is 2.31. The van der Waals surface area contributed by atoms with Crippen LogP contribution in [-0.2, 0) is 0 Å². The fraction of sp³-hybridized carbons (Fsp3) is 0.200. The van der Waals surface area contributed by atoms with Crippen molar-refractivity contribution in [3.8, 4) is 11.3 Å². The zero-order valence-corrected chi connectivity index (χ0v) is 22.5. The van der Waals surface area contributed by atoms with Crippen molar-refractivity contribution in [2.24, 2.45) is 0 Å². The molecule has 0 spiro atoms. The SMILES string of the molecule is Cc1ccc(-c2cc(C(=O)N3CCN(C(c4ccccc4)c4ccccc4)CC3)c3ccccc3n2)c(C)c1. The quantitative estimate of drug-likeness (QED) is 0.253. The van der Waals surface area contributed by atoms with E-state index in [0.29, 0.717) is 13.1 Å². The largest absolute Gasteiger partial charge is 0.336 e. The van der Waals surface area contributed by atoms with Crippen LogP contribution in [0.5, 0.6) is 0 Å². The van der Waals surface area contributed by atoms with Gasteiger partial charge >= 0.3 is 0 Å². The van der Waals surface area contributed by atoms with Gasteiger partial charge in [0.05, 0.1) is 22.8 Å². The summed E-state index contributed by atoms with van der Waals surface area (Å²) in [6.07, 6.45) is 0. The van der Waals surface area contributed by atoms with Crippen molar-refractivity contribution in [1.82, 2.24) is 14.8 Å². The summed E-state index contributed by atoms with van der Waals surface area (Å²) in [5.41, 5.74) is 8.44. The average Bonchev–Trinajstić information content (AvgIpc) is 2.98. The maximum Gasteiger partial charge on any atom is 0.254 e. The number of hydrogen-bond acceptors (Lipinski definition) is 3. The van der Waals surface area contributed by atoms with Gasteiger partial charge in [-0.15, -0.1) is 0 Å². The maximum atomic E-state index is 14.0. The molecule has 6 rings (SSSR count). The van der Waals surface area contributed by atoms with E-state index in [-0.39, 0.29) is 11.9 Å². The lowest BCUT2D eigenvalue weighted by atomic mass is 9.96. The Morgan fingerprint density at radius 2 is 1.33 bits per heavy atom. The number of amides is 1. The predicted octanol–water partition coefficient (Wildman–Crippen LogP) is 7.07. The van der Waals surface area contributed by atoms with Crippen LogP contribution in [0.4, 0.5) is 0 Å². The van der Waals surface area contributed by atoms with Gasteiger partial charge in [-0.2, -0.15) is 0 Å². The number of aryl methyl sites for hydroxylation is 2. The zero-order valence-electron chi connectivity index (χ0n) is 22.5. The number of hydrogen-bond donors (Lipinski definition) is 0. The smallest absolute Gasteiger partial charge is 0.254 e. The average molecular weight is 512 g/mol. The minimum Gasteiger partial charge on any atom is -0.336 e.